The van der Waals surface area contributed by atoms with Gasteiger partial charge in [0.05, 0.1) is 16.1 Å². The summed E-state index contributed by atoms with van der Waals surface area (Å²) in [5.41, 5.74) is 5.74. The lowest BCUT2D eigenvalue weighted by Crippen LogP contribution is -2.13. The van der Waals surface area contributed by atoms with Crippen LogP contribution in [0.25, 0.3) is 22.4 Å². The van der Waals surface area contributed by atoms with Crippen LogP contribution in [-0.4, -0.2) is 16.1 Å². The van der Waals surface area contributed by atoms with Gasteiger partial charge in [-0.15, -0.1) is 0 Å². The molecule has 2 aromatic carbocycles. The predicted octanol–water partition coefficient (Wildman–Crippen LogP) is 4.25. The Labute approximate surface area is 128 Å². The van der Waals surface area contributed by atoms with Gasteiger partial charge in [0, 0.05) is 24.8 Å². The van der Waals surface area contributed by atoms with Gasteiger partial charge in [0.25, 0.3) is 0 Å². The minimum Gasteiger partial charge on any atom is -0.385 e. The lowest BCUT2D eigenvalue weighted by molar-refractivity contribution is 0.828. The number of hydrogen-bond acceptors (Lipinski definition) is 2. The fraction of sp³-hybridized carbons (Fsp3) is 0.235. The van der Waals surface area contributed by atoms with Crippen molar-refractivity contribution in [1.82, 2.24) is 9.55 Å². The Balaban J connectivity index is 1.99. The number of nitrogens with zero attached hydrogens (tertiary/aromatic N) is 2. The van der Waals surface area contributed by atoms with Crippen molar-refractivity contribution in [3.8, 4) is 11.4 Å². The van der Waals surface area contributed by atoms with Crippen molar-refractivity contribution >= 4 is 28.3 Å². The molecule has 0 fully saturated rings. The Morgan fingerprint density at radius 1 is 1.19 bits per heavy atom. The molecule has 1 aliphatic heterocycles. The Bertz CT molecular complexity index is 835. The summed E-state index contributed by atoms with van der Waals surface area (Å²) in [5, 5.41) is 4.22. The van der Waals surface area contributed by atoms with Gasteiger partial charge in [-0.2, -0.15) is 0 Å². The molecule has 3 nitrogen and oxygen atoms in total. The molecule has 0 saturated heterocycles. The molecule has 106 valence electrons. The SMILES string of the molecule is Cn1c(-c2cccc3c2CCCN3)nc2cccc(Cl)c21. The fourth-order valence-electron chi connectivity index (χ4n) is 3.18. The van der Waals surface area contributed by atoms with Crippen LogP contribution in [0.5, 0.6) is 0 Å². The molecule has 2 heterocycles. The van der Waals surface area contributed by atoms with Crippen LogP contribution >= 0.6 is 11.6 Å². The van der Waals surface area contributed by atoms with E-state index < -0.39 is 0 Å². The van der Waals surface area contributed by atoms with Gasteiger partial charge in [0.1, 0.15) is 5.82 Å². The topological polar surface area (TPSA) is 29.9 Å². The molecule has 0 radical (unpaired) electrons. The second-order valence-corrected chi connectivity index (χ2v) is 5.87. The van der Waals surface area contributed by atoms with E-state index in [-0.39, 0.29) is 0 Å². The average molecular weight is 298 g/mol. The van der Waals surface area contributed by atoms with Gasteiger partial charge in [0.15, 0.2) is 0 Å². The van der Waals surface area contributed by atoms with Crippen LogP contribution in [-0.2, 0) is 13.5 Å². The van der Waals surface area contributed by atoms with Crippen LogP contribution in [0.2, 0.25) is 5.02 Å². The first kappa shape index (κ1) is 12.7. The van der Waals surface area contributed by atoms with E-state index in [9.17, 15) is 0 Å². The van der Waals surface area contributed by atoms with E-state index in [2.05, 4.69) is 28.1 Å². The highest BCUT2D eigenvalue weighted by molar-refractivity contribution is 6.35. The molecule has 0 atom stereocenters. The van der Waals surface area contributed by atoms with E-state index >= 15 is 0 Å². The molecule has 4 rings (SSSR count). The van der Waals surface area contributed by atoms with Crippen molar-refractivity contribution in [3.63, 3.8) is 0 Å². The van der Waals surface area contributed by atoms with Crippen molar-refractivity contribution in [2.75, 3.05) is 11.9 Å². The number of rotatable bonds is 1. The zero-order valence-electron chi connectivity index (χ0n) is 11.9. The maximum absolute atomic E-state index is 6.33. The number of aromatic nitrogens is 2. The molecular weight excluding hydrogens is 282 g/mol. The second-order valence-electron chi connectivity index (χ2n) is 5.46. The fourth-order valence-corrected chi connectivity index (χ4v) is 3.48. The number of halogens is 1. The van der Waals surface area contributed by atoms with E-state index in [4.69, 9.17) is 16.6 Å². The first-order chi connectivity index (χ1) is 10.3. The molecule has 0 unspecified atom stereocenters. The molecule has 0 spiro atoms. The van der Waals surface area contributed by atoms with Gasteiger partial charge in [-0.05, 0) is 36.6 Å². The molecule has 1 N–H and O–H groups in total. The van der Waals surface area contributed by atoms with E-state index in [1.54, 1.807) is 0 Å². The molecular formula is C17H16ClN3. The maximum atomic E-state index is 6.33. The van der Waals surface area contributed by atoms with Crippen LogP contribution in [0.1, 0.15) is 12.0 Å². The number of imidazole rings is 1. The van der Waals surface area contributed by atoms with Crippen molar-refractivity contribution < 1.29 is 0 Å². The van der Waals surface area contributed by atoms with Gasteiger partial charge in [-0.3, -0.25) is 0 Å². The zero-order chi connectivity index (χ0) is 14.4. The number of nitrogens with one attached hydrogen (secondary N) is 1. The van der Waals surface area contributed by atoms with Gasteiger partial charge < -0.3 is 9.88 Å². The van der Waals surface area contributed by atoms with Crippen LogP contribution in [0.3, 0.4) is 0 Å². The monoisotopic (exact) mass is 297 g/mol. The smallest absolute Gasteiger partial charge is 0.141 e. The Morgan fingerprint density at radius 2 is 2.05 bits per heavy atom. The van der Waals surface area contributed by atoms with Crippen molar-refractivity contribution in [2.45, 2.75) is 12.8 Å². The molecule has 0 amide bonds. The number of anilines is 1. The van der Waals surface area contributed by atoms with E-state index in [0.29, 0.717) is 0 Å². The molecule has 4 heteroatoms. The highest BCUT2D eigenvalue weighted by Gasteiger charge is 2.18. The van der Waals surface area contributed by atoms with Crippen LogP contribution in [0.15, 0.2) is 36.4 Å². The van der Waals surface area contributed by atoms with Crippen molar-refractivity contribution in [3.05, 3.63) is 47.0 Å². The summed E-state index contributed by atoms with van der Waals surface area (Å²) < 4.78 is 2.10. The molecule has 0 bridgehead atoms. The molecule has 21 heavy (non-hydrogen) atoms. The maximum Gasteiger partial charge on any atom is 0.141 e. The number of fused-ring (bicyclic) bond motifs is 2. The third-order valence-corrected chi connectivity index (χ3v) is 4.49. The number of para-hydroxylation sites is 1. The Morgan fingerprint density at radius 3 is 2.90 bits per heavy atom. The number of aryl methyl sites for hydroxylation is 1. The average Bonchev–Trinajstić information content (AvgIpc) is 2.85. The van der Waals surface area contributed by atoms with Gasteiger partial charge in [0.2, 0.25) is 0 Å². The summed E-state index contributed by atoms with van der Waals surface area (Å²) in [5.74, 6) is 0.985. The predicted molar refractivity (Wildman–Crippen MR) is 88.0 cm³/mol. The molecule has 0 saturated carbocycles. The summed E-state index contributed by atoms with van der Waals surface area (Å²) >= 11 is 6.33. The molecule has 0 aliphatic carbocycles. The molecule has 1 aliphatic rings. The summed E-state index contributed by atoms with van der Waals surface area (Å²) in [6.07, 6.45) is 2.25. The minimum absolute atomic E-state index is 0.747. The van der Waals surface area contributed by atoms with Gasteiger partial charge >= 0.3 is 0 Å². The third kappa shape index (κ3) is 1.92. The van der Waals surface area contributed by atoms with Crippen molar-refractivity contribution in [2.24, 2.45) is 7.05 Å². The Kier molecular flexibility index (Phi) is 2.89. The van der Waals surface area contributed by atoms with Crippen molar-refractivity contribution in [1.29, 1.82) is 0 Å². The highest BCUT2D eigenvalue weighted by Crippen LogP contribution is 2.34. The minimum atomic E-state index is 0.747. The van der Waals surface area contributed by atoms with E-state index in [1.807, 2.05) is 25.2 Å². The summed E-state index contributed by atoms with van der Waals surface area (Å²) in [6.45, 7) is 1.05. The summed E-state index contributed by atoms with van der Waals surface area (Å²) in [7, 11) is 2.03. The summed E-state index contributed by atoms with van der Waals surface area (Å²) in [6, 6.07) is 12.3. The quantitative estimate of drug-likeness (QED) is 0.727. The standard InChI is InChI=1S/C17H16ClN3/c1-21-16-13(18)7-3-9-15(16)20-17(21)12-5-2-8-14-11(12)6-4-10-19-14/h2-3,5,7-9,19H,4,6,10H2,1H3. The van der Waals surface area contributed by atoms with Gasteiger partial charge in [-0.1, -0.05) is 29.8 Å². The lowest BCUT2D eigenvalue weighted by Gasteiger charge is -2.20. The lowest BCUT2D eigenvalue weighted by atomic mass is 9.97. The van der Waals surface area contributed by atoms with Gasteiger partial charge in [-0.25, -0.2) is 4.98 Å². The van der Waals surface area contributed by atoms with Crippen LogP contribution in [0.4, 0.5) is 5.69 Å². The van der Waals surface area contributed by atoms with Crippen LogP contribution < -0.4 is 5.32 Å². The second kappa shape index (κ2) is 4.78. The Hall–Kier alpha value is -2.00. The summed E-state index contributed by atoms with van der Waals surface area (Å²) in [4.78, 5) is 4.80. The first-order valence-corrected chi connectivity index (χ1v) is 7.60. The van der Waals surface area contributed by atoms with Crippen LogP contribution in [0, 0.1) is 0 Å². The molecule has 1 aromatic heterocycles. The van der Waals surface area contributed by atoms with E-state index in [1.165, 1.54) is 16.8 Å². The zero-order valence-corrected chi connectivity index (χ0v) is 12.6. The first-order valence-electron chi connectivity index (χ1n) is 7.23. The number of hydrogen-bond donors (Lipinski definition) is 1. The number of benzene rings is 2. The third-order valence-electron chi connectivity index (χ3n) is 4.18. The largest absolute Gasteiger partial charge is 0.385 e. The molecule has 3 aromatic rings. The normalized spacial score (nSPS) is 14.0. The highest BCUT2D eigenvalue weighted by atomic mass is 35.5. The van der Waals surface area contributed by atoms with E-state index in [0.717, 1.165) is 41.3 Å².